The Labute approximate surface area is 138 Å². The number of para-hydroxylation sites is 1. The summed E-state index contributed by atoms with van der Waals surface area (Å²) in [5.41, 5.74) is 4.25. The quantitative estimate of drug-likeness (QED) is 0.842. The minimum absolute atomic E-state index is 0.104. The highest BCUT2D eigenvalue weighted by Crippen LogP contribution is 2.20. The van der Waals surface area contributed by atoms with Gasteiger partial charge in [0.05, 0.1) is 0 Å². The zero-order valence-electron chi connectivity index (χ0n) is 14.3. The predicted molar refractivity (Wildman–Crippen MR) is 95.1 cm³/mol. The maximum Gasteiger partial charge on any atom is 0.265 e. The number of carbonyl (C=O) groups is 1. The smallest absolute Gasteiger partial charge is 0.265 e. The van der Waals surface area contributed by atoms with Gasteiger partial charge in [0.2, 0.25) is 0 Å². The molecule has 0 saturated carbocycles. The molecule has 0 unspecified atom stereocenters. The standard InChI is InChI=1S/C20H25NO2/c1-5-16-9-7-8-10-18(16)21-20(22)19(6-2)23-17-12-14(3)11-15(4)13-17/h7-13,19H,5-6H2,1-4H3,(H,21,22)/t19-/m0/s1. The Hall–Kier alpha value is -2.29. The first-order chi connectivity index (χ1) is 11.0. The number of rotatable bonds is 6. The third-order valence-corrected chi connectivity index (χ3v) is 3.79. The molecule has 0 aromatic heterocycles. The van der Waals surface area contributed by atoms with Gasteiger partial charge in [0.25, 0.3) is 5.91 Å². The van der Waals surface area contributed by atoms with Crippen molar-refractivity contribution in [1.29, 1.82) is 0 Å². The van der Waals surface area contributed by atoms with Crippen LogP contribution in [0.4, 0.5) is 5.69 Å². The zero-order valence-corrected chi connectivity index (χ0v) is 14.3. The summed E-state index contributed by atoms with van der Waals surface area (Å²) >= 11 is 0. The van der Waals surface area contributed by atoms with E-state index in [0.29, 0.717) is 6.42 Å². The molecule has 0 aliphatic rings. The highest BCUT2D eigenvalue weighted by molar-refractivity contribution is 5.95. The average molecular weight is 311 g/mol. The van der Waals surface area contributed by atoms with E-state index in [0.717, 1.165) is 34.5 Å². The number of carbonyl (C=O) groups excluding carboxylic acids is 1. The summed E-state index contributed by atoms with van der Waals surface area (Å²) in [5.74, 6) is 0.640. The maximum atomic E-state index is 12.5. The van der Waals surface area contributed by atoms with Crippen molar-refractivity contribution in [3.8, 4) is 5.75 Å². The summed E-state index contributed by atoms with van der Waals surface area (Å²) in [6, 6.07) is 13.9. The monoisotopic (exact) mass is 311 g/mol. The lowest BCUT2D eigenvalue weighted by Gasteiger charge is -2.19. The number of ether oxygens (including phenoxy) is 1. The van der Waals surface area contributed by atoms with Gasteiger partial charge in [-0.3, -0.25) is 4.79 Å². The third-order valence-electron chi connectivity index (χ3n) is 3.79. The van der Waals surface area contributed by atoms with Crippen molar-refractivity contribution in [2.24, 2.45) is 0 Å². The summed E-state index contributed by atoms with van der Waals surface area (Å²) < 4.78 is 5.92. The van der Waals surface area contributed by atoms with Crippen LogP contribution in [0.2, 0.25) is 0 Å². The predicted octanol–water partition coefficient (Wildman–Crippen LogP) is 4.66. The van der Waals surface area contributed by atoms with Gasteiger partial charge >= 0.3 is 0 Å². The van der Waals surface area contributed by atoms with Crippen LogP contribution in [0, 0.1) is 13.8 Å². The Morgan fingerprint density at radius 2 is 1.74 bits per heavy atom. The van der Waals surface area contributed by atoms with Crippen LogP contribution in [-0.4, -0.2) is 12.0 Å². The van der Waals surface area contributed by atoms with Crippen LogP contribution in [0.25, 0.3) is 0 Å². The van der Waals surface area contributed by atoms with Gasteiger partial charge in [-0.15, -0.1) is 0 Å². The topological polar surface area (TPSA) is 38.3 Å². The van der Waals surface area contributed by atoms with Crippen LogP contribution < -0.4 is 10.1 Å². The van der Waals surface area contributed by atoms with Crippen LogP contribution in [0.15, 0.2) is 42.5 Å². The van der Waals surface area contributed by atoms with Crippen LogP contribution >= 0.6 is 0 Å². The lowest BCUT2D eigenvalue weighted by Crippen LogP contribution is -2.32. The Morgan fingerprint density at radius 1 is 1.09 bits per heavy atom. The van der Waals surface area contributed by atoms with Crippen molar-refractivity contribution in [2.45, 2.75) is 46.6 Å². The Morgan fingerprint density at radius 3 is 2.35 bits per heavy atom. The van der Waals surface area contributed by atoms with Gasteiger partial charge in [-0.05, 0) is 61.6 Å². The first-order valence-corrected chi connectivity index (χ1v) is 8.17. The third kappa shape index (κ3) is 4.59. The number of nitrogens with one attached hydrogen (secondary N) is 1. The summed E-state index contributed by atoms with van der Waals surface area (Å²) in [6.07, 6.45) is 0.999. The van der Waals surface area contributed by atoms with E-state index in [1.807, 2.05) is 57.2 Å². The molecule has 0 heterocycles. The summed E-state index contributed by atoms with van der Waals surface area (Å²) in [4.78, 5) is 12.5. The van der Waals surface area contributed by atoms with Gasteiger partial charge in [0, 0.05) is 5.69 Å². The molecule has 3 heteroatoms. The lowest BCUT2D eigenvalue weighted by atomic mass is 10.1. The SMILES string of the molecule is CCc1ccccc1NC(=O)[C@H](CC)Oc1cc(C)cc(C)c1. The highest BCUT2D eigenvalue weighted by Gasteiger charge is 2.19. The number of amides is 1. The molecule has 1 atom stereocenters. The Balaban J connectivity index is 2.12. The molecule has 0 saturated heterocycles. The second-order valence-electron chi connectivity index (χ2n) is 5.84. The van der Waals surface area contributed by atoms with E-state index in [1.165, 1.54) is 0 Å². The molecule has 2 aromatic rings. The van der Waals surface area contributed by atoms with Crippen LogP contribution in [0.1, 0.15) is 37.0 Å². The molecule has 0 aliphatic heterocycles. The molecule has 1 amide bonds. The van der Waals surface area contributed by atoms with Crippen molar-refractivity contribution >= 4 is 11.6 Å². The van der Waals surface area contributed by atoms with Gasteiger partial charge in [-0.1, -0.05) is 38.1 Å². The van der Waals surface area contributed by atoms with Gasteiger partial charge in [0.15, 0.2) is 6.10 Å². The maximum absolute atomic E-state index is 12.5. The number of aryl methyl sites for hydroxylation is 3. The molecule has 1 N–H and O–H groups in total. The van der Waals surface area contributed by atoms with Crippen molar-refractivity contribution in [3.05, 3.63) is 59.2 Å². The largest absolute Gasteiger partial charge is 0.481 e. The molecule has 122 valence electrons. The van der Waals surface area contributed by atoms with Crippen molar-refractivity contribution in [1.82, 2.24) is 0 Å². The molecule has 0 bridgehead atoms. The second kappa shape index (κ2) is 7.82. The lowest BCUT2D eigenvalue weighted by molar-refractivity contribution is -0.122. The summed E-state index contributed by atoms with van der Waals surface area (Å²) in [6.45, 7) is 8.09. The molecule has 0 fully saturated rings. The van der Waals surface area contributed by atoms with Crippen LogP contribution in [-0.2, 0) is 11.2 Å². The fourth-order valence-corrected chi connectivity index (χ4v) is 2.65. The minimum Gasteiger partial charge on any atom is -0.481 e. The highest BCUT2D eigenvalue weighted by atomic mass is 16.5. The molecule has 0 aliphatic carbocycles. The van der Waals surface area contributed by atoms with E-state index in [4.69, 9.17) is 4.74 Å². The number of hydrogen-bond acceptors (Lipinski definition) is 2. The van der Waals surface area contributed by atoms with Crippen LogP contribution in [0.3, 0.4) is 0 Å². The van der Waals surface area contributed by atoms with E-state index >= 15 is 0 Å². The molecule has 2 aromatic carbocycles. The fraction of sp³-hybridized carbons (Fsp3) is 0.350. The zero-order chi connectivity index (χ0) is 16.8. The van der Waals surface area contributed by atoms with E-state index in [2.05, 4.69) is 18.3 Å². The molecule has 0 radical (unpaired) electrons. The van der Waals surface area contributed by atoms with Crippen molar-refractivity contribution in [2.75, 3.05) is 5.32 Å². The normalized spacial score (nSPS) is 11.8. The van der Waals surface area contributed by atoms with E-state index in [1.54, 1.807) is 0 Å². The van der Waals surface area contributed by atoms with Gasteiger partial charge < -0.3 is 10.1 Å². The number of benzene rings is 2. The molecule has 2 rings (SSSR count). The molecular formula is C20H25NO2. The van der Waals surface area contributed by atoms with E-state index in [9.17, 15) is 4.79 Å². The Bertz CT molecular complexity index is 659. The van der Waals surface area contributed by atoms with E-state index < -0.39 is 6.10 Å². The van der Waals surface area contributed by atoms with Crippen LogP contribution in [0.5, 0.6) is 5.75 Å². The summed E-state index contributed by atoms with van der Waals surface area (Å²) in [5, 5.41) is 3.00. The van der Waals surface area contributed by atoms with Gasteiger partial charge in [-0.25, -0.2) is 0 Å². The molecule has 23 heavy (non-hydrogen) atoms. The average Bonchev–Trinajstić information content (AvgIpc) is 2.52. The van der Waals surface area contributed by atoms with Gasteiger partial charge in [-0.2, -0.15) is 0 Å². The second-order valence-corrected chi connectivity index (χ2v) is 5.84. The fourth-order valence-electron chi connectivity index (χ4n) is 2.65. The van der Waals surface area contributed by atoms with Gasteiger partial charge in [0.1, 0.15) is 5.75 Å². The van der Waals surface area contributed by atoms with Crippen molar-refractivity contribution in [3.63, 3.8) is 0 Å². The molecule has 3 nitrogen and oxygen atoms in total. The number of hydrogen-bond donors (Lipinski definition) is 1. The number of anilines is 1. The Kier molecular flexibility index (Phi) is 5.80. The molecule has 0 spiro atoms. The van der Waals surface area contributed by atoms with E-state index in [-0.39, 0.29) is 5.91 Å². The first kappa shape index (κ1) is 17.1. The summed E-state index contributed by atoms with van der Waals surface area (Å²) in [7, 11) is 0. The van der Waals surface area contributed by atoms with Crippen molar-refractivity contribution < 1.29 is 9.53 Å². The molecular weight excluding hydrogens is 286 g/mol. The minimum atomic E-state index is -0.499. The first-order valence-electron chi connectivity index (χ1n) is 8.17.